The SMILES string of the molecule is NC(=O)c1cccc(CNCC(O)c2ccncc2)c1. The van der Waals surface area contributed by atoms with Crippen LogP contribution in [0.1, 0.15) is 27.6 Å². The number of hydrogen-bond acceptors (Lipinski definition) is 4. The summed E-state index contributed by atoms with van der Waals surface area (Å²) in [6, 6.07) is 10.7. The molecule has 5 heteroatoms. The van der Waals surface area contributed by atoms with E-state index in [1.54, 1.807) is 42.7 Å². The second-order valence-corrected chi connectivity index (χ2v) is 4.49. The van der Waals surface area contributed by atoms with Crippen LogP contribution in [0.5, 0.6) is 0 Å². The Morgan fingerprint density at radius 1 is 1.30 bits per heavy atom. The van der Waals surface area contributed by atoms with Crippen molar-refractivity contribution in [3.8, 4) is 0 Å². The zero-order chi connectivity index (χ0) is 14.4. The number of carbonyl (C=O) groups excluding carboxylic acids is 1. The third-order valence-corrected chi connectivity index (χ3v) is 2.97. The van der Waals surface area contributed by atoms with E-state index in [4.69, 9.17) is 5.73 Å². The number of benzene rings is 1. The van der Waals surface area contributed by atoms with Crippen LogP contribution in [0.25, 0.3) is 0 Å². The molecule has 0 aliphatic rings. The fraction of sp³-hybridized carbons (Fsp3) is 0.200. The molecule has 4 N–H and O–H groups in total. The van der Waals surface area contributed by atoms with Crippen molar-refractivity contribution in [3.63, 3.8) is 0 Å². The summed E-state index contributed by atoms with van der Waals surface area (Å²) in [4.78, 5) is 15.0. The Morgan fingerprint density at radius 3 is 2.75 bits per heavy atom. The minimum Gasteiger partial charge on any atom is -0.387 e. The third-order valence-electron chi connectivity index (χ3n) is 2.97. The van der Waals surface area contributed by atoms with Crippen LogP contribution in [0, 0.1) is 0 Å². The number of aliphatic hydroxyl groups excluding tert-OH is 1. The Labute approximate surface area is 117 Å². The number of nitrogens with one attached hydrogen (secondary N) is 1. The maximum Gasteiger partial charge on any atom is 0.248 e. The summed E-state index contributed by atoms with van der Waals surface area (Å²) in [7, 11) is 0. The van der Waals surface area contributed by atoms with E-state index in [0.29, 0.717) is 18.7 Å². The van der Waals surface area contributed by atoms with Crippen molar-refractivity contribution < 1.29 is 9.90 Å². The van der Waals surface area contributed by atoms with E-state index in [0.717, 1.165) is 11.1 Å². The molecule has 2 rings (SSSR count). The standard InChI is InChI=1S/C15H17N3O2/c16-15(20)13-3-1-2-11(8-13)9-18-10-14(19)12-4-6-17-7-5-12/h1-8,14,18-19H,9-10H2,(H2,16,20). The van der Waals surface area contributed by atoms with E-state index < -0.39 is 12.0 Å². The highest BCUT2D eigenvalue weighted by Gasteiger charge is 2.06. The second kappa shape index (κ2) is 6.79. The molecule has 0 bridgehead atoms. The van der Waals surface area contributed by atoms with Crippen LogP contribution in [-0.2, 0) is 6.54 Å². The molecule has 0 saturated heterocycles. The summed E-state index contributed by atoms with van der Waals surface area (Å²) in [5.41, 5.74) is 7.48. The smallest absolute Gasteiger partial charge is 0.248 e. The normalized spacial score (nSPS) is 12.1. The van der Waals surface area contributed by atoms with Crippen LogP contribution in [0.2, 0.25) is 0 Å². The van der Waals surface area contributed by atoms with Crippen LogP contribution < -0.4 is 11.1 Å². The summed E-state index contributed by atoms with van der Waals surface area (Å²) in [5.74, 6) is -0.441. The first kappa shape index (κ1) is 14.2. The molecular weight excluding hydrogens is 254 g/mol. The molecule has 0 saturated carbocycles. The van der Waals surface area contributed by atoms with Crippen LogP contribution in [0.3, 0.4) is 0 Å². The van der Waals surface area contributed by atoms with Crippen molar-refractivity contribution in [2.45, 2.75) is 12.6 Å². The number of nitrogens with zero attached hydrogens (tertiary/aromatic N) is 1. The topological polar surface area (TPSA) is 88.2 Å². The van der Waals surface area contributed by atoms with Gasteiger partial charge in [0.25, 0.3) is 0 Å². The van der Waals surface area contributed by atoms with Gasteiger partial charge in [0.15, 0.2) is 0 Å². The molecule has 1 atom stereocenters. The molecule has 2 aromatic rings. The molecule has 1 aromatic heterocycles. The molecule has 1 unspecified atom stereocenters. The van der Waals surface area contributed by atoms with E-state index in [1.807, 2.05) is 6.07 Å². The van der Waals surface area contributed by atoms with Crippen molar-refractivity contribution in [3.05, 3.63) is 65.5 Å². The summed E-state index contributed by atoms with van der Waals surface area (Å²) in [6.45, 7) is 0.980. The maximum absolute atomic E-state index is 11.1. The Bertz CT molecular complexity index is 572. The Morgan fingerprint density at radius 2 is 2.05 bits per heavy atom. The number of amides is 1. The lowest BCUT2D eigenvalue weighted by atomic mass is 10.1. The number of rotatable bonds is 6. The molecule has 0 radical (unpaired) electrons. The summed E-state index contributed by atoms with van der Waals surface area (Å²) in [5, 5.41) is 13.1. The molecule has 1 amide bonds. The lowest BCUT2D eigenvalue weighted by Gasteiger charge is -2.12. The molecule has 104 valence electrons. The van der Waals surface area contributed by atoms with Gasteiger partial charge in [0.05, 0.1) is 6.10 Å². The molecule has 1 heterocycles. The van der Waals surface area contributed by atoms with Gasteiger partial charge in [0.2, 0.25) is 5.91 Å². The lowest BCUT2D eigenvalue weighted by molar-refractivity contribution is 0.1000. The fourth-order valence-corrected chi connectivity index (χ4v) is 1.89. The van der Waals surface area contributed by atoms with Crippen LogP contribution >= 0.6 is 0 Å². The van der Waals surface area contributed by atoms with Crippen molar-refractivity contribution in [2.24, 2.45) is 5.73 Å². The van der Waals surface area contributed by atoms with Gasteiger partial charge in [-0.05, 0) is 35.4 Å². The predicted molar refractivity (Wildman–Crippen MR) is 75.9 cm³/mol. The number of nitrogens with two attached hydrogens (primary N) is 1. The highest BCUT2D eigenvalue weighted by Crippen LogP contribution is 2.10. The van der Waals surface area contributed by atoms with E-state index in [9.17, 15) is 9.90 Å². The first-order valence-corrected chi connectivity index (χ1v) is 6.34. The van der Waals surface area contributed by atoms with Crippen molar-refractivity contribution in [1.29, 1.82) is 0 Å². The van der Waals surface area contributed by atoms with Crippen molar-refractivity contribution in [1.82, 2.24) is 10.3 Å². The van der Waals surface area contributed by atoms with Gasteiger partial charge in [-0.2, -0.15) is 0 Å². The molecule has 0 fully saturated rings. The highest BCUT2D eigenvalue weighted by atomic mass is 16.3. The van der Waals surface area contributed by atoms with Crippen molar-refractivity contribution >= 4 is 5.91 Å². The maximum atomic E-state index is 11.1. The average Bonchev–Trinajstić information content (AvgIpc) is 2.48. The van der Waals surface area contributed by atoms with Gasteiger partial charge in [-0.3, -0.25) is 9.78 Å². The minimum absolute atomic E-state index is 0.421. The van der Waals surface area contributed by atoms with Crippen LogP contribution in [-0.4, -0.2) is 22.5 Å². The number of primary amides is 1. The van der Waals surface area contributed by atoms with E-state index in [1.165, 1.54) is 0 Å². The van der Waals surface area contributed by atoms with Gasteiger partial charge in [0.1, 0.15) is 0 Å². The molecule has 0 spiro atoms. The minimum atomic E-state index is -0.586. The summed E-state index contributed by atoms with van der Waals surface area (Å²) < 4.78 is 0. The molecule has 20 heavy (non-hydrogen) atoms. The Hall–Kier alpha value is -2.24. The van der Waals surface area contributed by atoms with E-state index in [-0.39, 0.29) is 0 Å². The summed E-state index contributed by atoms with van der Waals surface area (Å²) >= 11 is 0. The molecule has 0 aliphatic heterocycles. The van der Waals surface area contributed by atoms with Crippen LogP contribution in [0.15, 0.2) is 48.8 Å². The highest BCUT2D eigenvalue weighted by molar-refractivity contribution is 5.92. The van der Waals surface area contributed by atoms with Gasteiger partial charge in [-0.15, -0.1) is 0 Å². The van der Waals surface area contributed by atoms with Gasteiger partial charge < -0.3 is 16.2 Å². The average molecular weight is 271 g/mol. The first-order chi connectivity index (χ1) is 9.66. The molecule has 0 aliphatic carbocycles. The van der Waals surface area contributed by atoms with E-state index >= 15 is 0 Å². The summed E-state index contributed by atoms with van der Waals surface area (Å²) in [6.07, 6.45) is 2.71. The molecule has 5 nitrogen and oxygen atoms in total. The van der Waals surface area contributed by atoms with Gasteiger partial charge in [0, 0.05) is 31.0 Å². The van der Waals surface area contributed by atoms with Crippen molar-refractivity contribution in [2.75, 3.05) is 6.54 Å². The van der Waals surface area contributed by atoms with Gasteiger partial charge in [-0.25, -0.2) is 0 Å². The van der Waals surface area contributed by atoms with Crippen LogP contribution in [0.4, 0.5) is 0 Å². The molecule has 1 aromatic carbocycles. The Kier molecular flexibility index (Phi) is 4.81. The third kappa shape index (κ3) is 3.88. The molecular formula is C15H17N3O2. The number of aliphatic hydroxyl groups is 1. The zero-order valence-electron chi connectivity index (χ0n) is 11.0. The first-order valence-electron chi connectivity index (χ1n) is 6.34. The number of pyridine rings is 1. The fourth-order valence-electron chi connectivity index (χ4n) is 1.89. The lowest BCUT2D eigenvalue weighted by Crippen LogP contribution is -2.21. The second-order valence-electron chi connectivity index (χ2n) is 4.49. The quantitative estimate of drug-likeness (QED) is 0.731. The monoisotopic (exact) mass is 271 g/mol. The van der Waals surface area contributed by atoms with E-state index in [2.05, 4.69) is 10.3 Å². The Balaban J connectivity index is 1.87. The number of hydrogen-bond donors (Lipinski definition) is 3. The number of carbonyl (C=O) groups is 1. The zero-order valence-corrected chi connectivity index (χ0v) is 11.0. The predicted octanol–water partition coefficient (Wildman–Crippen LogP) is 1.00. The number of aromatic nitrogens is 1. The van der Waals surface area contributed by atoms with Gasteiger partial charge >= 0.3 is 0 Å². The van der Waals surface area contributed by atoms with Gasteiger partial charge in [-0.1, -0.05) is 12.1 Å². The largest absolute Gasteiger partial charge is 0.387 e.